The van der Waals surface area contributed by atoms with Crippen LogP contribution >= 0.6 is 0 Å². The predicted octanol–water partition coefficient (Wildman–Crippen LogP) is 2.44. The molecule has 0 heterocycles. The standard InChI is InChI=1S/C16H21N3O3/c1-12(20)19(14-8-6-5-7-13(14)11-17)10-9-18-15(21)22-16(2,3)4/h5-8H,9-10H2,1-4H3,(H,18,21). The molecule has 1 aromatic carbocycles. The van der Waals surface area contributed by atoms with Crippen molar-refractivity contribution in [3.63, 3.8) is 0 Å². The maximum atomic E-state index is 11.8. The van der Waals surface area contributed by atoms with Crippen molar-refractivity contribution in [1.82, 2.24) is 5.32 Å². The van der Waals surface area contributed by atoms with Crippen LogP contribution in [0.5, 0.6) is 0 Å². The summed E-state index contributed by atoms with van der Waals surface area (Å²) in [7, 11) is 0. The van der Waals surface area contributed by atoms with Crippen LogP contribution in [-0.4, -0.2) is 30.7 Å². The van der Waals surface area contributed by atoms with E-state index in [0.29, 0.717) is 11.3 Å². The highest BCUT2D eigenvalue weighted by Crippen LogP contribution is 2.19. The number of nitrogens with zero attached hydrogens (tertiary/aromatic N) is 2. The Bertz CT molecular complexity index is 585. The van der Waals surface area contributed by atoms with Gasteiger partial charge in [-0.05, 0) is 32.9 Å². The van der Waals surface area contributed by atoms with E-state index < -0.39 is 11.7 Å². The molecule has 0 spiro atoms. The third-order valence-electron chi connectivity index (χ3n) is 2.70. The Morgan fingerprint density at radius 1 is 1.32 bits per heavy atom. The van der Waals surface area contributed by atoms with Gasteiger partial charge in [-0.1, -0.05) is 12.1 Å². The van der Waals surface area contributed by atoms with Crippen molar-refractivity contribution in [2.24, 2.45) is 0 Å². The number of nitriles is 1. The molecule has 0 atom stereocenters. The summed E-state index contributed by atoms with van der Waals surface area (Å²) in [4.78, 5) is 24.8. The molecule has 0 aliphatic heterocycles. The fourth-order valence-electron chi connectivity index (χ4n) is 1.84. The van der Waals surface area contributed by atoms with Gasteiger partial charge in [0.15, 0.2) is 0 Å². The van der Waals surface area contributed by atoms with Crippen molar-refractivity contribution >= 4 is 17.7 Å². The van der Waals surface area contributed by atoms with Gasteiger partial charge in [0.2, 0.25) is 5.91 Å². The molecule has 118 valence electrons. The first-order chi connectivity index (χ1) is 10.2. The first kappa shape index (κ1) is 17.5. The number of hydrogen-bond acceptors (Lipinski definition) is 4. The summed E-state index contributed by atoms with van der Waals surface area (Å²) in [5, 5.41) is 11.7. The second-order valence-corrected chi connectivity index (χ2v) is 5.73. The number of amides is 2. The molecule has 22 heavy (non-hydrogen) atoms. The van der Waals surface area contributed by atoms with Crippen molar-refractivity contribution in [2.45, 2.75) is 33.3 Å². The maximum Gasteiger partial charge on any atom is 0.407 e. The number of para-hydroxylation sites is 1. The summed E-state index contributed by atoms with van der Waals surface area (Å²) in [6, 6.07) is 8.90. The topological polar surface area (TPSA) is 82.4 Å². The van der Waals surface area contributed by atoms with Crippen molar-refractivity contribution in [1.29, 1.82) is 5.26 Å². The van der Waals surface area contributed by atoms with Gasteiger partial charge < -0.3 is 15.0 Å². The lowest BCUT2D eigenvalue weighted by atomic mass is 10.1. The summed E-state index contributed by atoms with van der Waals surface area (Å²) < 4.78 is 5.12. The number of carbonyl (C=O) groups is 2. The molecule has 0 aromatic heterocycles. The van der Waals surface area contributed by atoms with Crippen LogP contribution in [-0.2, 0) is 9.53 Å². The number of anilines is 1. The molecule has 0 unspecified atom stereocenters. The first-order valence-corrected chi connectivity index (χ1v) is 6.98. The minimum Gasteiger partial charge on any atom is -0.444 e. The van der Waals surface area contributed by atoms with Crippen molar-refractivity contribution < 1.29 is 14.3 Å². The van der Waals surface area contributed by atoms with E-state index in [1.807, 2.05) is 0 Å². The van der Waals surface area contributed by atoms with Crippen LogP contribution < -0.4 is 10.2 Å². The van der Waals surface area contributed by atoms with Crippen LogP contribution in [0.2, 0.25) is 0 Å². The van der Waals surface area contributed by atoms with E-state index in [4.69, 9.17) is 10.00 Å². The van der Waals surface area contributed by atoms with Gasteiger partial charge in [0, 0.05) is 20.0 Å². The van der Waals surface area contributed by atoms with E-state index in [1.54, 1.807) is 45.0 Å². The molecular weight excluding hydrogens is 282 g/mol. The molecule has 0 aliphatic rings. The number of rotatable bonds is 4. The highest BCUT2D eigenvalue weighted by molar-refractivity contribution is 5.93. The van der Waals surface area contributed by atoms with Crippen LogP contribution in [0.4, 0.5) is 10.5 Å². The second-order valence-electron chi connectivity index (χ2n) is 5.73. The fraction of sp³-hybridized carbons (Fsp3) is 0.438. The highest BCUT2D eigenvalue weighted by Gasteiger charge is 2.18. The summed E-state index contributed by atoms with van der Waals surface area (Å²) in [5.74, 6) is -0.200. The molecule has 6 nitrogen and oxygen atoms in total. The molecule has 0 fully saturated rings. The van der Waals surface area contributed by atoms with Crippen LogP contribution in [0.15, 0.2) is 24.3 Å². The number of nitrogens with one attached hydrogen (secondary N) is 1. The quantitative estimate of drug-likeness (QED) is 0.926. The first-order valence-electron chi connectivity index (χ1n) is 6.98. The van der Waals surface area contributed by atoms with Crippen molar-refractivity contribution in [2.75, 3.05) is 18.0 Å². The van der Waals surface area contributed by atoms with E-state index in [-0.39, 0.29) is 19.0 Å². The molecule has 0 saturated carbocycles. The SMILES string of the molecule is CC(=O)N(CCNC(=O)OC(C)(C)C)c1ccccc1C#N. The van der Waals surface area contributed by atoms with E-state index in [2.05, 4.69) is 11.4 Å². The van der Waals surface area contributed by atoms with Gasteiger partial charge in [-0.2, -0.15) is 5.26 Å². The molecule has 6 heteroatoms. The lowest BCUT2D eigenvalue weighted by molar-refractivity contribution is -0.116. The third-order valence-corrected chi connectivity index (χ3v) is 2.70. The van der Waals surface area contributed by atoms with Gasteiger partial charge in [-0.3, -0.25) is 4.79 Å². The normalized spacial score (nSPS) is 10.5. The zero-order valence-electron chi connectivity index (χ0n) is 13.3. The smallest absolute Gasteiger partial charge is 0.407 e. The minimum absolute atomic E-state index is 0.200. The molecule has 1 rings (SSSR count). The average Bonchev–Trinajstić information content (AvgIpc) is 2.41. The maximum absolute atomic E-state index is 11.8. The largest absolute Gasteiger partial charge is 0.444 e. The second kappa shape index (κ2) is 7.46. The fourth-order valence-corrected chi connectivity index (χ4v) is 1.84. The predicted molar refractivity (Wildman–Crippen MR) is 83.4 cm³/mol. The average molecular weight is 303 g/mol. The summed E-state index contributed by atoms with van der Waals surface area (Å²) in [6.45, 7) is 7.23. The van der Waals surface area contributed by atoms with E-state index in [1.165, 1.54) is 11.8 Å². The molecule has 0 saturated heterocycles. The van der Waals surface area contributed by atoms with Crippen LogP contribution in [0.25, 0.3) is 0 Å². The van der Waals surface area contributed by atoms with Crippen LogP contribution in [0, 0.1) is 11.3 Å². The zero-order chi connectivity index (χ0) is 16.8. The van der Waals surface area contributed by atoms with E-state index in [9.17, 15) is 9.59 Å². The minimum atomic E-state index is -0.572. The summed E-state index contributed by atoms with van der Waals surface area (Å²) >= 11 is 0. The Kier molecular flexibility index (Phi) is 5.93. The van der Waals surface area contributed by atoms with Gasteiger partial charge in [-0.15, -0.1) is 0 Å². The summed E-state index contributed by atoms with van der Waals surface area (Å²) in [6.07, 6.45) is -0.537. The number of alkyl carbamates (subject to hydrolysis) is 1. The van der Waals surface area contributed by atoms with Gasteiger partial charge in [0.05, 0.1) is 11.3 Å². The number of ether oxygens (including phenoxy) is 1. The lowest BCUT2D eigenvalue weighted by Crippen LogP contribution is -2.40. The van der Waals surface area contributed by atoms with Gasteiger partial charge >= 0.3 is 6.09 Å². The Hall–Kier alpha value is -2.55. The number of benzene rings is 1. The Labute approximate surface area is 130 Å². The van der Waals surface area contributed by atoms with Gasteiger partial charge in [0.25, 0.3) is 0 Å². The Morgan fingerprint density at radius 2 is 1.95 bits per heavy atom. The molecule has 1 aromatic rings. The third kappa shape index (κ3) is 5.44. The number of hydrogen-bond donors (Lipinski definition) is 1. The highest BCUT2D eigenvalue weighted by atomic mass is 16.6. The molecular formula is C16H21N3O3. The van der Waals surface area contributed by atoms with Crippen molar-refractivity contribution in [3.05, 3.63) is 29.8 Å². The molecule has 1 N–H and O–H groups in total. The van der Waals surface area contributed by atoms with Crippen LogP contribution in [0.1, 0.15) is 33.3 Å². The Balaban J connectivity index is 2.69. The van der Waals surface area contributed by atoms with E-state index >= 15 is 0 Å². The molecule has 0 radical (unpaired) electrons. The summed E-state index contributed by atoms with van der Waals surface area (Å²) in [5.41, 5.74) is 0.371. The van der Waals surface area contributed by atoms with Crippen molar-refractivity contribution in [3.8, 4) is 6.07 Å². The van der Waals surface area contributed by atoms with Crippen LogP contribution in [0.3, 0.4) is 0 Å². The van der Waals surface area contributed by atoms with Gasteiger partial charge in [-0.25, -0.2) is 4.79 Å². The lowest BCUT2D eigenvalue weighted by Gasteiger charge is -2.23. The molecule has 0 aliphatic carbocycles. The van der Waals surface area contributed by atoms with E-state index in [0.717, 1.165) is 0 Å². The number of carbonyl (C=O) groups excluding carboxylic acids is 2. The molecule has 2 amide bonds. The van der Waals surface area contributed by atoms with Gasteiger partial charge in [0.1, 0.15) is 11.7 Å². The monoisotopic (exact) mass is 303 g/mol. The Morgan fingerprint density at radius 3 is 2.50 bits per heavy atom. The molecule has 0 bridgehead atoms. The zero-order valence-corrected chi connectivity index (χ0v) is 13.3.